The van der Waals surface area contributed by atoms with Gasteiger partial charge in [0.05, 0.1) is 0 Å². The Labute approximate surface area is 191 Å². The lowest BCUT2D eigenvalue weighted by atomic mass is 10.0. The highest BCUT2D eigenvalue weighted by atomic mass is 35.5. The summed E-state index contributed by atoms with van der Waals surface area (Å²) in [4.78, 5) is 31.2. The van der Waals surface area contributed by atoms with Crippen molar-refractivity contribution in [1.29, 1.82) is 0 Å². The van der Waals surface area contributed by atoms with Crippen LogP contribution >= 0.6 is 11.6 Å². The Kier molecular flexibility index (Phi) is 5.19. The number of H-pyrrole nitrogens is 1. The highest BCUT2D eigenvalue weighted by Gasteiger charge is 2.25. The molecule has 2 N–H and O–H groups in total. The number of carbonyl (C=O) groups is 2. The third-order valence-corrected chi connectivity index (χ3v) is 6.23. The van der Waals surface area contributed by atoms with Crippen LogP contribution in [-0.2, 0) is 13.0 Å². The first-order valence-corrected chi connectivity index (χ1v) is 10.9. The molecule has 0 spiro atoms. The van der Waals surface area contributed by atoms with Gasteiger partial charge in [-0.05, 0) is 55.0 Å². The average Bonchev–Trinajstić information content (AvgIpc) is 3.17. The lowest BCUT2D eigenvalue weighted by Gasteiger charge is -2.27. The summed E-state index contributed by atoms with van der Waals surface area (Å²) in [6, 6.07) is 20.3. The number of nitrogens with one attached hydrogen (secondary N) is 2. The molecule has 4 aromatic rings. The van der Waals surface area contributed by atoms with Crippen LogP contribution in [0.2, 0.25) is 5.02 Å². The van der Waals surface area contributed by atoms with Crippen molar-refractivity contribution < 1.29 is 9.59 Å². The van der Waals surface area contributed by atoms with Gasteiger partial charge in [-0.15, -0.1) is 0 Å². The third-order valence-electron chi connectivity index (χ3n) is 5.99. The lowest BCUT2D eigenvalue weighted by Crippen LogP contribution is -2.35. The van der Waals surface area contributed by atoms with Gasteiger partial charge in [-0.3, -0.25) is 9.59 Å². The number of aromatic amines is 1. The number of hydrogen-bond acceptors (Lipinski definition) is 2. The Morgan fingerprint density at radius 2 is 1.81 bits per heavy atom. The maximum absolute atomic E-state index is 13.3. The van der Waals surface area contributed by atoms with Gasteiger partial charge in [0.15, 0.2) is 0 Å². The van der Waals surface area contributed by atoms with E-state index in [2.05, 4.69) is 10.3 Å². The molecule has 2 amide bonds. The second-order valence-corrected chi connectivity index (χ2v) is 8.54. The quantitative estimate of drug-likeness (QED) is 0.434. The Hall–Kier alpha value is -3.57. The Bertz CT molecular complexity index is 1340. The Morgan fingerprint density at radius 1 is 1.00 bits per heavy atom. The molecule has 0 unspecified atom stereocenters. The molecule has 5 rings (SSSR count). The first-order chi connectivity index (χ1) is 15.5. The molecule has 0 saturated carbocycles. The number of benzene rings is 3. The van der Waals surface area contributed by atoms with Gasteiger partial charge in [0.2, 0.25) is 0 Å². The van der Waals surface area contributed by atoms with Crippen molar-refractivity contribution >= 4 is 40.0 Å². The zero-order valence-electron chi connectivity index (χ0n) is 17.6. The Balaban J connectivity index is 1.39. The highest BCUT2D eigenvalue weighted by Crippen LogP contribution is 2.30. The van der Waals surface area contributed by atoms with E-state index in [1.165, 1.54) is 0 Å². The number of aryl methyl sites for hydroxylation is 1. The predicted octanol–water partition coefficient (Wildman–Crippen LogP) is 5.58. The molecular formula is C26H22ClN3O2. The molecule has 5 nitrogen and oxygen atoms in total. The van der Waals surface area contributed by atoms with Crippen LogP contribution in [0.3, 0.4) is 0 Å². The maximum atomic E-state index is 13.3. The molecule has 1 aliphatic heterocycles. The van der Waals surface area contributed by atoms with E-state index >= 15 is 0 Å². The number of rotatable bonds is 3. The monoisotopic (exact) mass is 443 g/mol. The second kappa shape index (κ2) is 8.17. The third kappa shape index (κ3) is 3.76. The van der Waals surface area contributed by atoms with Crippen molar-refractivity contribution in [2.75, 3.05) is 11.9 Å². The van der Waals surface area contributed by atoms with E-state index in [4.69, 9.17) is 11.6 Å². The molecule has 0 aliphatic carbocycles. The molecule has 1 aromatic heterocycles. The van der Waals surface area contributed by atoms with Gasteiger partial charge < -0.3 is 15.2 Å². The van der Waals surface area contributed by atoms with Crippen molar-refractivity contribution in [3.63, 3.8) is 0 Å². The number of halogens is 1. The molecule has 32 heavy (non-hydrogen) atoms. The first-order valence-electron chi connectivity index (χ1n) is 10.5. The molecule has 0 saturated heterocycles. The predicted molar refractivity (Wildman–Crippen MR) is 127 cm³/mol. The van der Waals surface area contributed by atoms with E-state index in [-0.39, 0.29) is 11.8 Å². The van der Waals surface area contributed by atoms with Gasteiger partial charge in [0.25, 0.3) is 11.8 Å². The summed E-state index contributed by atoms with van der Waals surface area (Å²) in [5, 5.41) is 4.68. The molecule has 0 radical (unpaired) electrons. The van der Waals surface area contributed by atoms with Crippen LogP contribution in [0.5, 0.6) is 0 Å². The van der Waals surface area contributed by atoms with E-state index in [0.29, 0.717) is 34.9 Å². The van der Waals surface area contributed by atoms with Gasteiger partial charge in [-0.1, -0.05) is 35.9 Å². The van der Waals surface area contributed by atoms with Gasteiger partial charge in [0.1, 0.15) is 0 Å². The molecule has 6 heteroatoms. The van der Waals surface area contributed by atoms with Crippen LogP contribution in [0.1, 0.15) is 37.5 Å². The number of hydrogen-bond donors (Lipinski definition) is 2. The summed E-state index contributed by atoms with van der Waals surface area (Å²) in [5.41, 5.74) is 5.98. The summed E-state index contributed by atoms with van der Waals surface area (Å²) in [7, 11) is 0. The number of anilines is 1. The zero-order valence-corrected chi connectivity index (χ0v) is 18.4. The number of aromatic nitrogens is 1. The van der Waals surface area contributed by atoms with E-state index in [0.717, 1.165) is 34.1 Å². The fraction of sp³-hybridized carbons (Fsp3) is 0.154. The van der Waals surface area contributed by atoms with Gasteiger partial charge in [-0.25, -0.2) is 0 Å². The summed E-state index contributed by atoms with van der Waals surface area (Å²) >= 11 is 6.20. The minimum absolute atomic E-state index is 0.0535. The van der Waals surface area contributed by atoms with E-state index in [1.54, 1.807) is 18.2 Å². The lowest BCUT2D eigenvalue weighted by molar-refractivity contribution is 0.0735. The molecule has 0 atom stereocenters. The molecule has 0 fully saturated rings. The van der Waals surface area contributed by atoms with Crippen molar-refractivity contribution in [3.8, 4) is 0 Å². The first kappa shape index (κ1) is 20.3. The van der Waals surface area contributed by atoms with Gasteiger partial charge in [0, 0.05) is 63.5 Å². The van der Waals surface area contributed by atoms with Crippen molar-refractivity contribution in [3.05, 3.63) is 99.7 Å². The van der Waals surface area contributed by atoms with Crippen molar-refractivity contribution in [2.24, 2.45) is 0 Å². The van der Waals surface area contributed by atoms with Crippen LogP contribution in [0.15, 0.2) is 66.7 Å². The maximum Gasteiger partial charge on any atom is 0.255 e. The van der Waals surface area contributed by atoms with Gasteiger partial charge >= 0.3 is 0 Å². The second-order valence-electron chi connectivity index (χ2n) is 8.10. The largest absolute Gasteiger partial charge is 0.358 e. The van der Waals surface area contributed by atoms with E-state index in [9.17, 15) is 9.59 Å². The standard InChI is InChI=1S/C26H22ClN3O2/c1-16-7-8-18(13-24(16)29-25(31)17-5-3-2-4-6-17)26(32)30-12-11-23-21(15-30)20-14-19(27)9-10-22(20)28-23/h2-10,13-14,28H,11-12,15H2,1H3,(H,29,31). The summed E-state index contributed by atoms with van der Waals surface area (Å²) < 4.78 is 0. The van der Waals surface area contributed by atoms with Crippen LogP contribution in [0, 0.1) is 6.92 Å². The minimum atomic E-state index is -0.198. The van der Waals surface area contributed by atoms with Crippen LogP contribution in [0.4, 0.5) is 5.69 Å². The van der Waals surface area contributed by atoms with Crippen molar-refractivity contribution in [2.45, 2.75) is 19.9 Å². The number of fused-ring (bicyclic) bond motifs is 3. The summed E-state index contributed by atoms with van der Waals surface area (Å²) in [6.07, 6.45) is 0.761. The summed E-state index contributed by atoms with van der Waals surface area (Å²) in [5.74, 6) is -0.251. The zero-order chi connectivity index (χ0) is 22.2. The molecule has 3 aromatic carbocycles. The molecule has 0 bridgehead atoms. The highest BCUT2D eigenvalue weighted by molar-refractivity contribution is 6.31. The number of amides is 2. The molecule has 2 heterocycles. The fourth-order valence-corrected chi connectivity index (χ4v) is 4.39. The minimum Gasteiger partial charge on any atom is -0.358 e. The van der Waals surface area contributed by atoms with Crippen LogP contribution in [-0.4, -0.2) is 28.2 Å². The fourth-order valence-electron chi connectivity index (χ4n) is 4.22. The van der Waals surface area contributed by atoms with Crippen molar-refractivity contribution in [1.82, 2.24) is 9.88 Å². The van der Waals surface area contributed by atoms with Crippen LogP contribution in [0.25, 0.3) is 10.9 Å². The molecular weight excluding hydrogens is 422 g/mol. The van der Waals surface area contributed by atoms with E-state index < -0.39 is 0 Å². The SMILES string of the molecule is Cc1ccc(C(=O)N2CCc3[nH]c4ccc(Cl)cc4c3C2)cc1NC(=O)c1ccccc1. The molecule has 160 valence electrons. The number of carbonyl (C=O) groups excluding carboxylic acids is 2. The topological polar surface area (TPSA) is 65.2 Å². The van der Waals surface area contributed by atoms with E-state index in [1.807, 2.05) is 60.4 Å². The number of nitrogens with zero attached hydrogens (tertiary/aromatic N) is 1. The smallest absolute Gasteiger partial charge is 0.255 e. The summed E-state index contributed by atoms with van der Waals surface area (Å²) in [6.45, 7) is 3.07. The van der Waals surface area contributed by atoms with Gasteiger partial charge in [-0.2, -0.15) is 0 Å². The normalized spacial score (nSPS) is 13.1. The average molecular weight is 444 g/mol. The van der Waals surface area contributed by atoms with Crippen LogP contribution < -0.4 is 5.32 Å². The molecule has 1 aliphatic rings. The Morgan fingerprint density at radius 3 is 2.62 bits per heavy atom.